The van der Waals surface area contributed by atoms with Crippen LogP contribution >= 0.6 is 11.3 Å². The molecule has 0 saturated carbocycles. The van der Waals surface area contributed by atoms with E-state index in [1.807, 2.05) is 20.8 Å². The van der Waals surface area contributed by atoms with Crippen molar-refractivity contribution in [3.05, 3.63) is 10.6 Å². The zero-order valence-electron chi connectivity index (χ0n) is 10.8. The Bertz CT molecular complexity index is 437. The van der Waals surface area contributed by atoms with Crippen LogP contribution in [0.3, 0.4) is 0 Å². The van der Waals surface area contributed by atoms with E-state index in [0.717, 1.165) is 18.2 Å². The number of aromatic carboxylic acids is 1. The van der Waals surface area contributed by atoms with Gasteiger partial charge in [-0.3, -0.25) is 0 Å². The summed E-state index contributed by atoms with van der Waals surface area (Å²) in [6, 6.07) is 0. The van der Waals surface area contributed by atoms with E-state index >= 15 is 0 Å². The largest absolute Gasteiger partial charge is 0.477 e. The van der Waals surface area contributed by atoms with Crippen molar-refractivity contribution in [3.8, 4) is 0 Å². The van der Waals surface area contributed by atoms with Crippen LogP contribution in [0.4, 0.5) is 5.13 Å². The molecule has 0 amide bonds. The van der Waals surface area contributed by atoms with Crippen molar-refractivity contribution in [3.63, 3.8) is 0 Å². The molecule has 100 valence electrons. The summed E-state index contributed by atoms with van der Waals surface area (Å²) in [7, 11) is 0. The maximum atomic E-state index is 11.1. The first kappa shape index (κ1) is 13.3. The molecule has 18 heavy (non-hydrogen) atoms. The number of hydrogen-bond donors (Lipinski definition) is 1. The minimum absolute atomic E-state index is 0.149. The molecule has 2 rings (SSSR count). The number of carboxylic acids is 1. The number of ether oxygens (including phenoxy) is 1. The van der Waals surface area contributed by atoms with Gasteiger partial charge in [-0.1, -0.05) is 18.3 Å². The smallest absolute Gasteiger partial charge is 0.347 e. The molecule has 5 nitrogen and oxygen atoms in total. The maximum absolute atomic E-state index is 11.1. The Morgan fingerprint density at radius 1 is 1.50 bits per heavy atom. The minimum atomic E-state index is -0.884. The van der Waals surface area contributed by atoms with Crippen LogP contribution in [0.2, 0.25) is 0 Å². The average molecular weight is 270 g/mol. The number of rotatable bonds is 3. The topological polar surface area (TPSA) is 62.7 Å². The number of aryl methyl sites for hydroxylation is 1. The fourth-order valence-electron chi connectivity index (χ4n) is 2.22. The zero-order valence-corrected chi connectivity index (χ0v) is 11.7. The van der Waals surface area contributed by atoms with E-state index in [0.29, 0.717) is 17.0 Å². The van der Waals surface area contributed by atoms with Crippen molar-refractivity contribution in [2.24, 2.45) is 0 Å². The van der Waals surface area contributed by atoms with Crippen LogP contribution < -0.4 is 4.90 Å². The standard InChI is InChI=1S/C12H18N2O3S/c1-4-9-10(11(15)16)18-12(13-9)14-5-7(2)17-8(3)6-14/h7-8H,4-6H2,1-3H3,(H,15,16)/t7-,8+. The summed E-state index contributed by atoms with van der Waals surface area (Å²) in [5, 5.41) is 9.94. The zero-order chi connectivity index (χ0) is 13.3. The van der Waals surface area contributed by atoms with Gasteiger partial charge in [-0.15, -0.1) is 0 Å². The summed E-state index contributed by atoms with van der Waals surface area (Å²) in [6.07, 6.45) is 0.945. The lowest BCUT2D eigenvalue weighted by atomic mass is 10.2. The van der Waals surface area contributed by atoms with Crippen LogP contribution in [0.25, 0.3) is 0 Å². The van der Waals surface area contributed by atoms with E-state index in [1.165, 1.54) is 11.3 Å². The number of anilines is 1. The molecule has 0 spiro atoms. The van der Waals surface area contributed by atoms with Gasteiger partial charge in [0.25, 0.3) is 0 Å². The van der Waals surface area contributed by atoms with Gasteiger partial charge in [0, 0.05) is 13.1 Å². The van der Waals surface area contributed by atoms with Crippen molar-refractivity contribution in [2.45, 2.75) is 39.4 Å². The van der Waals surface area contributed by atoms with Gasteiger partial charge in [-0.25, -0.2) is 9.78 Å². The molecule has 1 fully saturated rings. The fourth-order valence-corrected chi connectivity index (χ4v) is 3.23. The lowest BCUT2D eigenvalue weighted by Gasteiger charge is -2.35. The monoisotopic (exact) mass is 270 g/mol. The fraction of sp³-hybridized carbons (Fsp3) is 0.667. The first-order chi connectivity index (χ1) is 8.51. The van der Waals surface area contributed by atoms with Crippen LogP contribution in [0.1, 0.15) is 36.1 Å². The van der Waals surface area contributed by atoms with Crippen molar-refractivity contribution >= 4 is 22.4 Å². The summed E-state index contributed by atoms with van der Waals surface area (Å²) in [5.74, 6) is -0.884. The number of nitrogens with zero attached hydrogens (tertiary/aromatic N) is 2. The number of carbonyl (C=O) groups is 1. The molecule has 0 aliphatic carbocycles. The molecule has 6 heteroatoms. The summed E-state index contributed by atoms with van der Waals surface area (Å²) in [6.45, 7) is 7.50. The van der Waals surface area contributed by atoms with Crippen molar-refractivity contribution in [1.29, 1.82) is 0 Å². The molecule has 2 atom stereocenters. The Balaban J connectivity index is 2.25. The Morgan fingerprint density at radius 2 is 2.11 bits per heavy atom. The van der Waals surface area contributed by atoms with Gasteiger partial charge >= 0.3 is 5.97 Å². The van der Waals surface area contributed by atoms with E-state index in [2.05, 4.69) is 9.88 Å². The third-order valence-electron chi connectivity index (χ3n) is 2.91. The Kier molecular flexibility index (Phi) is 3.87. The van der Waals surface area contributed by atoms with E-state index in [4.69, 9.17) is 9.84 Å². The normalized spacial score (nSPS) is 24.3. The third kappa shape index (κ3) is 2.64. The van der Waals surface area contributed by atoms with Crippen LogP contribution in [0.5, 0.6) is 0 Å². The molecule has 2 heterocycles. The second-order valence-corrected chi connectivity index (χ2v) is 5.57. The van der Waals surface area contributed by atoms with Crippen molar-refractivity contribution in [1.82, 2.24) is 4.98 Å². The van der Waals surface area contributed by atoms with Gasteiger partial charge in [0.1, 0.15) is 4.88 Å². The minimum Gasteiger partial charge on any atom is -0.477 e. The number of aromatic nitrogens is 1. The summed E-state index contributed by atoms with van der Waals surface area (Å²) < 4.78 is 5.67. The Morgan fingerprint density at radius 3 is 2.56 bits per heavy atom. The number of thiazole rings is 1. The number of hydrogen-bond acceptors (Lipinski definition) is 5. The average Bonchev–Trinajstić information content (AvgIpc) is 2.71. The second-order valence-electron chi connectivity index (χ2n) is 4.59. The molecule has 1 aliphatic rings. The van der Waals surface area contributed by atoms with E-state index < -0.39 is 5.97 Å². The molecule has 1 aromatic rings. The van der Waals surface area contributed by atoms with Gasteiger partial charge in [-0.05, 0) is 20.3 Å². The maximum Gasteiger partial charge on any atom is 0.347 e. The molecule has 0 aromatic carbocycles. The summed E-state index contributed by atoms with van der Waals surface area (Å²) >= 11 is 1.26. The highest BCUT2D eigenvalue weighted by atomic mass is 32.1. The lowest BCUT2D eigenvalue weighted by molar-refractivity contribution is -0.00523. The highest BCUT2D eigenvalue weighted by molar-refractivity contribution is 7.17. The van der Waals surface area contributed by atoms with Crippen LogP contribution in [0, 0.1) is 0 Å². The highest BCUT2D eigenvalue weighted by Gasteiger charge is 2.26. The van der Waals surface area contributed by atoms with Crippen LogP contribution in [-0.4, -0.2) is 41.4 Å². The Labute approximate surface area is 110 Å². The van der Waals surface area contributed by atoms with E-state index in [-0.39, 0.29) is 12.2 Å². The van der Waals surface area contributed by atoms with Gasteiger partial charge in [0.15, 0.2) is 5.13 Å². The van der Waals surface area contributed by atoms with Gasteiger partial charge in [-0.2, -0.15) is 0 Å². The second kappa shape index (κ2) is 5.24. The molecule has 1 aromatic heterocycles. The van der Waals surface area contributed by atoms with Crippen LogP contribution in [0.15, 0.2) is 0 Å². The lowest BCUT2D eigenvalue weighted by Crippen LogP contribution is -2.45. The van der Waals surface area contributed by atoms with Gasteiger partial charge in [0.2, 0.25) is 0 Å². The predicted molar refractivity (Wildman–Crippen MR) is 70.7 cm³/mol. The SMILES string of the molecule is CCc1nc(N2C[C@@H](C)O[C@@H](C)C2)sc1C(=O)O. The molecule has 0 radical (unpaired) electrons. The van der Waals surface area contributed by atoms with Crippen molar-refractivity contribution in [2.75, 3.05) is 18.0 Å². The quantitative estimate of drug-likeness (QED) is 0.910. The Hall–Kier alpha value is -1.14. The predicted octanol–water partition coefficient (Wildman–Crippen LogP) is 2.02. The number of carboxylic acid groups (broad SMARTS) is 1. The first-order valence-corrected chi connectivity index (χ1v) is 6.96. The molecule has 0 unspecified atom stereocenters. The summed E-state index contributed by atoms with van der Waals surface area (Å²) in [5.41, 5.74) is 0.675. The molecule has 1 aliphatic heterocycles. The molecular weight excluding hydrogens is 252 g/mol. The highest BCUT2D eigenvalue weighted by Crippen LogP contribution is 2.29. The number of morpholine rings is 1. The first-order valence-electron chi connectivity index (χ1n) is 6.14. The third-order valence-corrected chi connectivity index (χ3v) is 4.05. The molecule has 1 saturated heterocycles. The van der Waals surface area contributed by atoms with Crippen molar-refractivity contribution < 1.29 is 14.6 Å². The van der Waals surface area contributed by atoms with Gasteiger partial charge < -0.3 is 14.7 Å². The van der Waals surface area contributed by atoms with Crippen LogP contribution in [-0.2, 0) is 11.2 Å². The molecular formula is C12H18N2O3S. The molecule has 0 bridgehead atoms. The van der Waals surface area contributed by atoms with Gasteiger partial charge in [0.05, 0.1) is 17.9 Å². The van der Waals surface area contributed by atoms with E-state index in [9.17, 15) is 4.79 Å². The molecule has 1 N–H and O–H groups in total. The van der Waals surface area contributed by atoms with E-state index in [1.54, 1.807) is 0 Å². The summed E-state index contributed by atoms with van der Waals surface area (Å²) in [4.78, 5) is 18.1.